The number of carbonyl (C=O) groups is 1. The van der Waals surface area contributed by atoms with E-state index in [1.54, 1.807) is 0 Å². The molecule has 0 saturated heterocycles. The highest BCUT2D eigenvalue weighted by Gasteiger charge is 2.48. The fourth-order valence-electron chi connectivity index (χ4n) is 5.81. The fraction of sp³-hybridized carbons (Fsp3) is 0.500. The molecule has 2 aliphatic carbocycles. The third-order valence-electron chi connectivity index (χ3n) is 9.04. The molecule has 2 saturated carbocycles. The quantitative estimate of drug-likeness (QED) is 0.0991. The Hall–Kier alpha value is -3.29. The molecular weight excluding hydrogens is 638 g/mol. The summed E-state index contributed by atoms with van der Waals surface area (Å²) in [4.78, 5) is 16.7. The number of rotatable bonds is 18. The minimum Gasteiger partial charge on any atom is -0.490 e. The molecule has 0 bridgehead atoms. The first-order valence-corrected chi connectivity index (χ1v) is 17.0. The molecule has 12 heteroatoms. The number of aliphatic hydroxyl groups excluding tert-OH is 5. The number of benzene rings is 2. The van der Waals surface area contributed by atoms with Crippen LogP contribution in [0.1, 0.15) is 60.8 Å². The average molecular weight is 684 g/mol. The monoisotopic (exact) mass is 683 g/mol. The standard InChI is InChI=1S/C36H46ClN3O8/c1-22-16-24(29(37)17-23(22)6-4-5-14-39-35(46)40-30(19-41)33(44)34(45)31(43)20-42)21-47-36(12-13-36)28-18-38-15-11-26(28)27-7-2-3-8-32(27)48-25-9-10-25/h2-3,7-8,11,15-18,25,30-31,33-34,41-45H,4-6,9-10,12-14,19-21H2,1H3,(H2,39,40,46). The summed E-state index contributed by atoms with van der Waals surface area (Å²) in [6, 6.07) is 12.4. The lowest BCUT2D eigenvalue weighted by atomic mass is 9.96. The Morgan fingerprint density at radius 3 is 2.50 bits per heavy atom. The summed E-state index contributed by atoms with van der Waals surface area (Å²) in [5.41, 5.74) is 5.88. The molecule has 0 radical (unpaired) electrons. The minimum atomic E-state index is -1.73. The van der Waals surface area contributed by atoms with Gasteiger partial charge in [0.1, 0.15) is 24.1 Å². The lowest BCUT2D eigenvalue weighted by Gasteiger charge is -2.28. The molecule has 2 aliphatic rings. The maximum absolute atomic E-state index is 12.2. The number of ether oxygens (including phenoxy) is 2. The molecule has 5 rings (SSSR count). The van der Waals surface area contributed by atoms with E-state index >= 15 is 0 Å². The van der Waals surface area contributed by atoms with Crippen LogP contribution < -0.4 is 15.4 Å². The zero-order valence-corrected chi connectivity index (χ0v) is 27.9. The van der Waals surface area contributed by atoms with Gasteiger partial charge in [-0.1, -0.05) is 35.9 Å². The van der Waals surface area contributed by atoms with E-state index < -0.39 is 49.2 Å². The smallest absolute Gasteiger partial charge is 0.315 e. The van der Waals surface area contributed by atoms with Crippen LogP contribution in [0, 0.1) is 6.92 Å². The topological polar surface area (TPSA) is 174 Å². The number of aliphatic hydroxyl groups is 5. The number of para-hydroxylation sites is 1. The lowest BCUT2D eigenvalue weighted by molar-refractivity contribution is -0.0902. The second-order valence-corrected chi connectivity index (χ2v) is 13.2. The Morgan fingerprint density at radius 1 is 1.02 bits per heavy atom. The van der Waals surface area contributed by atoms with Crippen molar-refractivity contribution in [3.63, 3.8) is 0 Å². The number of aryl methyl sites for hydroxylation is 2. The van der Waals surface area contributed by atoms with Crippen LogP contribution in [0.3, 0.4) is 0 Å². The first-order valence-electron chi connectivity index (χ1n) is 16.6. The summed E-state index contributed by atoms with van der Waals surface area (Å²) in [6.45, 7) is 1.32. The van der Waals surface area contributed by atoms with Crippen LogP contribution in [-0.4, -0.2) is 86.8 Å². The molecule has 7 N–H and O–H groups in total. The van der Waals surface area contributed by atoms with Crippen molar-refractivity contribution < 1.29 is 39.8 Å². The number of pyridine rings is 1. The van der Waals surface area contributed by atoms with Gasteiger partial charge in [-0.2, -0.15) is 0 Å². The van der Waals surface area contributed by atoms with E-state index in [-0.39, 0.29) is 0 Å². The van der Waals surface area contributed by atoms with Crippen molar-refractivity contribution in [2.24, 2.45) is 0 Å². The predicted octanol–water partition coefficient (Wildman–Crippen LogP) is 3.52. The third-order valence-corrected chi connectivity index (χ3v) is 9.39. The Kier molecular flexibility index (Phi) is 12.3. The molecule has 2 fully saturated rings. The number of urea groups is 1. The molecule has 3 aromatic rings. The first kappa shape index (κ1) is 36.0. The van der Waals surface area contributed by atoms with Gasteiger partial charge in [0.05, 0.1) is 37.6 Å². The van der Waals surface area contributed by atoms with Crippen molar-refractivity contribution in [3.05, 3.63) is 82.1 Å². The minimum absolute atomic E-state index is 0.294. The van der Waals surface area contributed by atoms with E-state index in [2.05, 4.69) is 27.8 Å². The average Bonchev–Trinajstić information content (AvgIpc) is 4.04. The number of hydrogen-bond acceptors (Lipinski definition) is 9. The molecule has 4 atom stereocenters. The predicted molar refractivity (Wildman–Crippen MR) is 181 cm³/mol. The molecule has 0 aliphatic heterocycles. The van der Waals surface area contributed by atoms with Crippen molar-refractivity contribution in [2.75, 3.05) is 19.8 Å². The van der Waals surface area contributed by atoms with Crippen LogP contribution in [0.5, 0.6) is 5.75 Å². The van der Waals surface area contributed by atoms with Gasteiger partial charge < -0.3 is 45.6 Å². The molecule has 48 heavy (non-hydrogen) atoms. The maximum Gasteiger partial charge on any atom is 0.315 e. The van der Waals surface area contributed by atoms with Gasteiger partial charge in [-0.15, -0.1) is 0 Å². The Morgan fingerprint density at radius 2 is 1.79 bits per heavy atom. The zero-order valence-electron chi connectivity index (χ0n) is 27.1. The number of nitrogens with zero attached hydrogens (tertiary/aromatic N) is 1. The van der Waals surface area contributed by atoms with E-state index in [1.165, 1.54) is 0 Å². The highest BCUT2D eigenvalue weighted by atomic mass is 35.5. The number of unbranched alkanes of at least 4 members (excludes halogenated alkanes) is 1. The molecular formula is C36H46ClN3O8. The van der Waals surface area contributed by atoms with Crippen LogP contribution in [0.15, 0.2) is 54.9 Å². The second-order valence-electron chi connectivity index (χ2n) is 12.8. The van der Waals surface area contributed by atoms with Gasteiger partial charge in [0.25, 0.3) is 0 Å². The van der Waals surface area contributed by atoms with E-state index in [0.29, 0.717) is 30.7 Å². The Labute approximate surface area is 285 Å². The van der Waals surface area contributed by atoms with Crippen molar-refractivity contribution in [3.8, 4) is 16.9 Å². The highest BCUT2D eigenvalue weighted by molar-refractivity contribution is 6.31. The van der Waals surface area contributed by atoms with Crippen LogP contribution in [-0.2, 0) is 23.4 Å². The van der Waals surface area contributed by atoms with E-state index in [0.717, 1.165) is 77.7 Å². The van der Waals surface area contributed by atoms with Gasteiger partial charge in [-0.05, 0) is 92.3 Å². The number of aromatic nitrogens is 1. The molecule has 2 aromatic carbocycles. The highest BCUT2D eigenvalue weighted by Crippen LogP contribution is 2.53. The summed E-state index contributed by atoms with van der Waals surface area (Å²) >= 11 is 6.76. The summed E-state index contributed by atoms with van der Waals surface area (Å²) < 4.78 is 12.8. The normalized spacial score (nSPS) is 17.6. The fourth-order valence-corrected chi connectivity index (χ4v) is 6.05. The lowest BCUT2D eigenvalue weighted by Crippen LogP contribution is -2.56. The maximum atomic E-state index is 12.2. The Bertz CT molecular complexity index is 1530. The van der Waals surface area contributed by atoms with Gasteiger partial charge in [-0.25, -0.2) is 4.79 Å². The number of halogens is 1. The SMILES string of the molecule is Cc1cc(COC2(c3cnccc3-c3ccccc3OC3CC3)CC2)c(Cl)cc1CCCCNC(=O)NC(CO)C(O)C(O)C(O)CO. The van der Waals surface area contributed by atoms with Crippen molar-refractivity contribution in [1.82, 2.24) is 15.6 Å². The van der Waals surface area contributed by atoms with Crippen LogP contribution >= 0.6 is 11.6 Å². The molecule has 1 aromatic heterocycles. The number of amides is 2. The molecule has 0 spiro atoms. The first-order chi connectivity index (χ1) is 23.2. The van der Waals surface area contributed by atoms with Crippen LogP contribution in [0.2, 0.25) is 5.02 Å². The van der Waals surface area contributed by atoms with Gasteiger partial charge in [-0.3, -0.25) is 4.98 Å². The largest absolute Gasteiger partial charge is 0.490 e. The summed E-state index contributed by atoms with van der Waals surface area (Å²) in [6.07, 6.45) is 5.19. The Balaban J connectivity index is 1.12. The zero-order chi connectivity index (χ0) is 34.3. The van der Waals surface area contributed by atoms with Crippen LogP contribution in [0.4, 0.5) is 4.79 Å². The van der Waals surface area contributed by atoms with Gasteiger partial charge in [0, 0.05) is 35.1 Å². The third kappa shape index (κ3) is 9.03. The number of nitrogens with one attached hydrogen (secondary N) is 2. The molecule has 1 heterocycles. The summed E-state index contributed by atoms with van der Waals surface area (Å²) in [5.74, 6) is 0.888. The van der Waals surface area contributed by atoms with Crippen molar-refractivity contribution in [1.29, 1.82) is 0 Å². The summed E-state index contributed by atoms with van der Waals surface area (Å²) in [5, 5.41) is 53.6. The molecule has 260 valence electrons. The van der Waals surface area contributed by atoms with Crippen molar-refractivity contribution >= 4 is 17.6 Å². The van der Waals surface area contributed by atoms with E-state index in [9.17, 15) is 25.2 Å². The number of carbonyl (C=O) groups excluding carboxylic acids is 1. The second kappa shape index (κ2) is 16.4. The van der Waals surface area contributed by atoms with E-state index in [4.69, 9.17) is 26.2 Å². The molecule has 2 amide bonds. The summed E-state index contributed by atoms with van der Waals surface area (Å²) in [7, 11) is 0. The van der Waals surface area contributed by atoms with E-state index in [1.807, 2.05) is 49.6 Å². The number of hydrogen-bond donors (Lipinski definition) is 7. The molecule has 4 unspecified atom stereocenters. The van der Waals surface area contributed by atoms with Gasteiger partial charge >= 0.3 is 6.03 Å². The van der Waals surface area contributed by atoms with Gasteiger partial charge in [0.2, 0.25) is 0 Å². The van der Waals surface area contributed by atoms with Crippen LogP contribution in [0.25, 0.3) is 11.1 Å². The van der Waals surface area contributed by atoms with Gasteiger partial charge in [0.15, 0.2) is 0 Å². The molecule has 11 nitrogen and oxygen atoms in total. The van der Waals surface area contributed by atoms with Crippen molar-refractivity contribution in [2.45, 2.75) is 94.5 Å².